The SMILES string of the molecule is CCCC1CCC(CCc2ccccc2F)CC1. The van der Waals surface area contributed by atoms with E-state index in [1.54, 1.807) is 12.1 Å². The van der Waals surface area contributed by atoms with Crippen molar-refractivity contribution >= 4 is 0 Å². The molecule has 1 fully saturated rings. The number of hydrogen-bond donors (Lipinski definition) is 0. The molecule has 0 radical (unpaired) electrons. The van der Waals surface area contributed by atoms with Gasteiger partial charge in [-0.25, -0.2) is 4.39 Å². The lowest BCUT2D eigenvalue weighted by atomic mass is 9.78. The summed E-state index contributed by atoms with van der Waals surface area (Å²) in [6.07, 6.45) is 10.3. The van der Waals surface area contributed by atoms with Gasteiger partial charge in [0.2, 0.25) is 0 Å². The van der Waals surface area contributed by atoms with Crippen LogP contribution in [0.2, 0.25) is 0 Å². The van der Waals surface area contributed by atoms with Crippen molar-refractivity contribution in [2.75, 3.05) is 0 Å². The average molecular weight is 248 g/mol. The highest BCUT2D eigenvalue weighted by Gasteiger charge is 2.20. The lowest BCUT2D eigenvalue weighted by Crippen LogP contribution is -2.15. The maximum Gasteiger partial charge on any atom is 0.126 e. The molecule has 1 heteroatoms. The van der Waals surface area contributed by atoms with E-state index in [0.717, 1.165) is 23.8 Å². The van der Waals surface area contributed by atoms with E-state index in [-0.39, 0.29) is 5.82 Å². The number of hydrogen-bond acceptors (Lipinski definition) is 0. The van der Waals surface area contributed by atoms with E-state index in [1.807, 2.05) is 12.1 Å². The summed E-state index contributed by atoms with van der Waals surface area (Å²) >= 11 is 0. The van der Waals surface area contributed by atoms with E-state index in [9.17, 15) is 4.39 Å². The van der Waals surface area contributed by atoms with Crippen molar-refractivity contribution in [3.8, 4) is 0 Å². The van der Waals surface area contributed by atoms with Gasteiger partial charge >= 0.3 is 0 Å². The Bertz CT molecular complexity index is 350. The van der Waals surface area contributed by atoms with Gasteiger partial charge in [0, 0.05) is 0 Å². The summed E-state index contributed by atoms with van der Waals surface area (Å²) in [5, 5.41) is 0. The lowest BCUT2D eigenvalue weighted by Gasteiger charge is -2.28. The minimum absolute atomic E-state index is 0.0304. The summed E-state index contributed by atoms with van der Waals surface area (Å²) in [5.74, 6) is 1.77. The zero-order valence-corrected chi connectivity index (χ0v) is 11.5. The van der Waals surface area contributed by atoms with E-state index in [4.69, 9.17) is 0 Å². The summed E-state index contributed by atoms with van der Waals surface area (Å²) in [6.45, 7) is 2.28. The Morgan fingerprint density at radius 2 is 1.61 bits per heavy atom. The minimum atomic E-state index is -0.0304. The quantitative estimate of drug-likeness (QED) is 0.657. The van der Waals surface area contributed by atoms with Crippen LogP contribution in [0.1, 0.15) is 57.4 Å². The Kier molecular flexibility index (Phi) is 5.22. The van der Waals surface area contributed by atoms with Gasteiger partial charge in [-0.2, -0.15) is 0 Å². The normalized spacial score (nSPS) is 24.1. The molecule has 0 unspecified atom stereocenters. The fraction of sp³-hybridized carbons (Fsp3) is 0.647. The van der Waals surface area contributed by atoms with Crippen LogP contribution in [-0.4, -0.2) is 0 Å². The summed E-state index contributed by atoms with van der Waals surface area (Å²) in [6, 6.07) is 7.22. The Hall–Kier alpha value is -0.850. The molecule has 0 atom stereocenters. The third-order valence-corrected chi connectivity index (χ3v) is 4.44. The molecular formula is C17H25F. The van der Waals surface area contributed by atoms with Crippen LogP contribution in [0, 0.1) is 17.7 Å². The van der Waals surface area contributed by atoms with Crippen molar-refractivity contribution in [1.29, 1.82) is 0 Å². The van der Waals surface area contributed by atoms with Crippen LogP contribution in [0.15, 0.2) is 24.3 Å². The standard InChI is InChI=1S/C17H25F/c1-2-5-14-8-10-15(11-9-14)12-13-16-6-3-4-7-17(16)18/h3-4,6-7,14-15H,2,5,8-13H2,1H3. The van der Waals surface area contributed by atoms with Gasteiger partial charge in [-0.1, -0.05) is 63.6 Å². The molecule has 1 aliphatic carbocycles. The van der Waals surface area contributed by atoms with E-state index >= 15 is 0 Å². The molecule has 100 valence electrons. The molecule has 0 heterocycles. The molecule has 1 aromatic rings. The van der Waals surface area contributed by atoms with Crippen LogP contribution in [0.4, 0.5) is 4.39 Å². The Balaban J connectivity index is 1.74. The molecule has 0 saturated heterocycles. The highest BCUT2D eigenvalue weighted by atomic mass is 19.1. The molecule has 0 spiro atoms. The molecule has 1 saturated carbocycles. The van der Waals surface area contributed by atoms with Crippen LogP contribution in [-0.2, 0) is 6.42 Å². The number of aryl methyl sites for hydroxylation is 1. The first-order valence-electron chi connectivity index (χ1n) is 7.53. The highest BCUT2D eigenvalue weighted by molar-refractivity contribution is 5.17. The second kappa shape index (κ2) is 6.92. The molecule has 0 nitrogen and oxygen atoms in total. The molecule has 0 bridgehead atoms. The van der Waals surface area contributed by atoms with Crippen LogP contribution in [0.5, 0.6) is 0 Å². The topological polar surface area (TPSA) is 0 Å². The fourth-order valence-electron chi connectivity index (χ4n) is 3.28. The summed E-state index contributed by atoms with van der Waals surface area (Å²) in [4.78, 5) is 0. The molecule has 0 aromatic heterocycles. The molecule has 0 aliphatic heterocycles. The van der Waals surface area contributed by atoms with Gasteiger partial charge in [-0.3, -0.25) is 0 Å². The second-order valence-corrected chi connectivity index (χ2v) is 5.81. The Morgan fingerprint density at radius 3 is 2.22 bits per heavy atom. The number of benzene rings is 1. The van der Waals surface area contributed by atoms with Crippen molar-refractivity contribution < 1.29 is 4.39 Å². The zero-order valence-electron chi connectivity index (χ0n) is 11.5. The molecule has 1 aromatic carbocycles. The molecule has 0 N–H and O–H groups in total. The second-order valence-electron chi connectivity index (χ2n) is 5.81. The molecule has 0 amide bonds. The van der Waals surface area contributed by atoms with Gasteiger partial charge < -0.3 is 0 Å². The van der Waals surface area contributed by atoms with E-state index in [1.165, 1.54) is 44.9 Å². The van der Waals surface area contributed by atoms with E-state index in [0.29, 0.717) is 0 Å². The molecule has 2 rings (SSSR count). The van der Waals surface area contributed by atoms with Crippen molar-refractivity contribution in [3.05, 3.63) is 35.6 Å². The van der Waals surface area contributed by atoms with Crippen molar-refractivity contribution in [2.45, 2.75) is 58.3 Å². The smallest absolute Gasteiger partial charge is 0.126 e. The van der Waals surface area contributed by atoms with Gasteiger partial charge in [0.15, 0.2) is 0 Å². The van der Waals surface area contributed by atoms with E-state index in [2.05, 4.69) is 6.92 Å². The van der Waals surface area contributed by atoms with Gasteiger partial charge in [-0.05, 0) is 36.3 Å². The summed E-state index contributed by atoms with van der Waals surface area (Å²) in [7, 11) is 0. The third-order valence-electron chi connectivity index (χ3n) is 4.44. The Labute approximate surface area is 111 Å². The summed E-state index contributed by atoms with van der Waals surface area (Å²) < 4.78 is 13.5. The van der Waals surface area contributed by atoms with Gasteiger partial charge in [-0.15, -0.1) is 0 Å². The first kappa shape index (κ1) is 13.6. The van der Waals surface area contributed by atoms with Crippen LogP contribution in [0.25, 0.3) is 0 Å². The predicted molar refractivity (Wildman–Crippen MR) is 75.1 cm³/mol. The number of halogens is 1. The first-order valence-corrected chi connectivity index (χ1v) is 7.53. The van der Waals surface area contributed by atoms with Crippen molar-refractivity contribution in [2.24, 2.45) is 11.8 Å². The van der Waals surface area contributed by atoms with Crippen molar-refractivity contribution in [3.63, 3.8) is 0 Å². The maximum atomic E-state index is 13.5. The fourth-order valence-corrected chi connectivity index (χ4v) is 3.28. The van der Waals surface area contributed by atoms with Crippen LogP contribution >= 0.6 is 0 Å². The largest absolute Gasteiger partial charge is 0.207 e. The molecule has 18 heavy (non-hydrogen) atoms. The van der Waals surface area contributed by atoms with Gasteiger partial charge in [0.05, 0.1) is 0 Å². The van der Waals surface area contributed by atoms with Crippen LogP contribution < -0.4 is 0 Å². The first-order chi connectivity index (χ1) is 8.79. The molecular weight excluding hydrogens is 223 g/mol. The van der Waals surface area contributed by atoms with Crippen molar-refractivity contribution in [1.82, 2.24) is 0 Å². The average Bonchev–Trinajstić information content (AvgIpc) is 2.40. The van der Waals surface area contributed by atoms with Gasteiger partial charge in [0.1, 0.15) is 5.82 Å². The lowest BCUT2D eigenvalue weighted by molar-refractivity contribution is 0.252. The van der Waals surface area contributed by atoms with E-state index < -0.39 is 0 Å². The third kappa shape index (κ3) is 3.83. The monoisotopic (exact) mass is 248 g/mol. The zero-order chi connectivity index (χ0) is 12.8. The minimum Gasteiger partial charge on any atom is -0.207 e. The maximum absolute atomic E-state index is 13.5. The summed E-state index contributed by atoms with van der Waals surface area (Å²) in [5.41, 5.74) is 0.896. The van der Waals surface area contributed by atoms with Gasteiger partial charge in [0.25, 0.3) is 0 Å². The Morgan fingerprint density at radius 1 is 1.00 bits per heavy atom. The predicted octanol–water partition coefficient (Wildman–Crippen LogP) is 5.36. The highest BCUT2D eigenvalue weighted by Crippen LogP contribution is 2.33. The molecule has 1 aliphatic rings. The van der Waals surface area contributed by atoms with Crippen LogP contribution in [0.3, 0.4) is 0 Å². The number of rotatable bonds is 5.